The third-order valence-electron chi connectivity index (χ3n) is 5.46. The summed E-state index contributed by atoms with van der Waals surface area (Å²) in [4.78, 5) is 33.2. The summed E-state index contributed by atoms with van der Waals surface area (Å²) in [6.07, 6.45) is 2.63. The Bertz CT molecular complexity index is 834. The molecule has 7 heteroatoms. The molecule has 2 N–H and O–H groups in total. The van der Waals surface area contributed by atoms with Gasteiger partial charge in [-0.2, -0.15) is 0 Å². The second-order valence-electron chi connectivity index (χ2n) is 7.57. The van der Waals surface area contributed by atoms with E-state index in [1.54, 1.807) is 6.20 Å². The van der Waals surface area contributed by atoms with Crippen molar-refractivity contribution in [1.29, 1.82) is 0 Å². The van der Waals surface area contributed by atoms with Crippen molar-refractivity contribution in [1.82, 2.24) is 20.1 Å². The molecule has 2 aromatic rings. The fraction of sp³-hybridized carbons (Fsp3) is 0.435. The molecular weight excluding hydrogens is 378 g/mol. The van der Waals surface area contributed by atoms with Crippen molar-refractivity contribution in [2.24, 2.45) is 0 Å². The van der Waals surface area contributed by atoms with Gasteiger partial charge in [0.25, 0.3) is 0 Å². The first-order valence-corrected chi connectivity index (χ1v) is 10.6. The fourth-order valence-corrected chi connectivity index (χ4v) is 3.59. The van der Waals surface area contributed by atoms with Crippen molar-refractivity contribution in [3.8, 4) is 0 Å². The molecule has 1 unspecified atom stereocenters. The number of carbonyl (C=O) groups is 2. The van der Waals surface area contributed by atoms with Crippen molar-refractivity contribution >= 4 is 17.5 Å². The summed E-state index contributed by atoms with van der Waals surface area (Å²) in [5.74, 6) is 0.0697. The van der Waals surface area contributed by atoms with Gasteiger partial charge in [0.05, 0.1) is 18.8 Å². The predicted octanol–water partition coefficient (Wildman–Crippen LogP) is 2.08. The Kier molecular flexibility index (Phi) is 7.93. The quantitative estimate of drug-likeness (QED) is 0.698. The van der Waals surface area contributed by atoms with Crippen LogP contribution in [0.4, 0.5) is 5.69 Å². The third-order valence-corrected chi connectivity index (χ3v) is 5.46. The second kappa shape index (κ2) is 10.8. The molecule has 1 aromatic heterocycles. The van der Waals surface area contributed by atoms with Crippen LogP contribution in [0.5, 0.6) is 0 Å². The smallest absolute Gasteiger partial charge is 0.238 e. The molecular formula is C23H31N5O2. The van der Waals surface area contributed by atoms with Gasteiger partial charge >= 0.3 is 0 Å². The van der Waals surface area contributed by atoms with Crippen LogP contribution < -0.4 is 10.6 Å². The van der Waals surface area contributed by atoms with Crippen LogP contribution in [0.15, 0.2) is 48.7 Å². The molecule has 0 saturated carbocycles. The van der Waals surface area contributed by atoms with Crippen molar-refractivity contribution in [3.05, 3.63) is 59.9 Å². The highest BCUT2D eigenvalue weighted by molar-refractivity contribution is 5.93. The number of nitrogens with one attached hydrogen (secondary N) is 2. The lowest BCUT2D eigenvalue weighted by molar-refractivity contribution is -0.132. The fourth-order valence-electron chi connectivity index (χ4n) is 3.59. The van der Waals surface area contributed by atoms with E-state index in [9.17, 15) is 9.59 Å². The number of pyridine rings is 1. The average Bonchev–Trinajstić information content (AvgIpc) is 2.78. The third kappa shape index (κ3) is 6.11. The van der Waals surface area contributed by atoms with Crippen LogP contribution >= 0.6 is 0 Å². The Morgan fingerprint density at radius 3 is 2.50 bits per heavy atom. The topological polar surface area (TPSA) is 77.6 Å². The highest BCUT2D eigenvalue weighted by atomic mass is 16.2. The highest BCUT2D eigenvalue weighted by Crippen LogP contribution is 2.15. The number of carbonyl (C=O) groups excluding carboxylic acids is 2. The standard InChI is InChI=1S/C23H31N5O2/c1-3-19-8-4-5-10-21(19)26-22(29)17-27-12-14-28(15-13-27)23(30)16-25-18(2)20-9-6-7-11-24-20/h4-11,18,25H,3,12-17H2,1-2H3,(H,26,29). The first kappa shape index (κ1) is 21.9. The number of anilines is 1. The molecule has 0 spiro atoms. The first-order chi connectivity index (χ1) is 14.6. The van der Waals surface area contributed by atoms with Crippen LogP contribution in [0.25, 0.3) is 0 Å². The zero-order valence-corrected chi connectivity index (χ0v) is 17.8. The molecule has 1 aliphatic heterocycles. The van der Waals surface area contributed by atoms with Crippen LogP contribution in [0.3, 0.4) is 0 Å². The molecule has 160 valence electrons. The number of amides is 2. The van der Waals surface area contributed by atoms with Crippen molar-refractivity contribution < 1.29 is 9.59 Å². The Labute approximate surface area is 178 Å². The molecule has 1 aromatic carbocycles. The van der Waals surface area contributed by atoms with Crippen LogP contribution in [0, 0.1) is 0 Å². The molecule has 1 fully saturated rings. The first-order valence-electron chi connectivity index (χ1n) is 10.6. The largest absolute Gasteiger partial charge is 0.339 e. The maximum Gasteiger partial charge on any atom is 0.238 e. The summed E-state index contributed by atoms with van der Waals surface area (Å²) in [5, 5.41) is 6.26. The van der Waals surface area contributed by atoms with Gasteiger partial charge in [-0.3, -0.25) is 19.5 Å². The zero-order valence-electron chi connectivity index (χ0n) is 17.8. The van der Waals surface area contributed by atoms with Crippen molar-refractivity contribution in [2.75, 3.05) is 44.6 Å². The molecule has 2 amide bonds. The maximum atomic E-state index is 12.5. The van der Waals surface area contributed by atoms with Gasteiger partial charge in [0.2, 0.25) is 11.8 Å². The molecule has 2 heterocycles. The van der Waals surface area contributed by atoms with Crippen LogP contribution in [0.2, 0.25) is 0 Å². The Morgan fingerprint density at radius 2 is 1.80 bits per heavy atom. The van der Waals surface area contributed by atoms with E-state index in [1.807, 2.05) is 54.3 Å². The Morgan fingerprint density at radius 1 is 1.07 bits per heavy atom. The number of rotatable bonds is 8. The minimum Gasteiger partial charge on any atom is -0.339 e. The number of nitrogens with zero attached hydrogens (tertiary/aromatic N) is 3. The second-order valence-corrected chi connectivity index (χ2v) is 7.57. The molecule has 1 atom stereocenters. The van der Waals surface area contributed by atoms with E-state index < -0.39 is 0 Å². The number of hydrogen-bond donors (Lipinski definition) is 2. The molecule has 30 heavy (non-hydrogen) atoms. The summed E-state index contributed by atoms with van der Waals surface area (Å²) >= 11 is 0. The van der Waals surface area contributed by atoms with E-state index in [2.05, 4.69) is 27.4 Å². The van der Waals surface area contributed by atoms with E-state index in [4.69, 9.17) is 0 Å². The van der Waals surface area contributed by atoms with E-state index in [0.29, 0.717) is 32.7 Å². The summed E-state index contributed by atoms with van der Waals surface area (Å²) < 4.78 is 0. The Hall–Kier alpha value is -2.77. The summed E-state index contributed by atoms with van der Waals surface area (Å²) in [7, 11) is 0. The summed E-state index contributed by atoms with van der Waals surface area (Å²) in [6, 6.07) is 13.7. The number of aryl methyl sites for hydroxylation is 1. The highest BCUT2D eigenvalue weighted by Gasteiger charge is 2.23. The molecule has 0 radical (unpaired) electrons. The molecule has 0 aliphatic carbocycles. The van der Waals surface area contributed by atoms with Gasteiger partial charge < -0.3 is 15.5 Å². The van der Waals surface area contributed by atoms with E-state index >= 15 is 0 Å². The van der Waals surface area contributed by atoms with Gasteiger partial charge in [0, 0.05) is 44.1 Å². The van der Waals surface area contributed by atoms with Crippen molar-refractivity contribution in [3.63, 3.8) is 0 Å². The van der Waals surface area contributed by atoms with Crippen LogP contribution in [-0.4, -0.2) is 65.9 Å². The summed E-state index contributed by atoms with van der Waals surface area (Å²) in [6.45, 7) is 7.38. The average molecular weight is 410 g/mol. The minimum absolute atomic E-state index is 0.0125. The minimum atomic E-state index is -0.0125. The van der Waals surface area contributed by atoms with Gasteiger partial charge in [0.1, 0.15) is 0 Å². The zero-order chi connectivity index (χ0) is 21.3. The van der Waals surface area contributed by atoms with Gasteiger partial charge in [-0.05, 0) is 37.1 Å². The lowest BCUT2D eigenvalue weighted by atomic mass is 10.1. The van der Waals surface area contributed by atoms with Crippen LogP contribution in [-0.2, 0) is 16.0 Å². The molecule has 1 saturated heterocycles. The van der Waals surface area contributed by atoms with E-state index in [1.165, 1.54) is 0 Å². The van der Waals surface area contributed by atoms with Gasteiger partial charge in [-0.25, -0.2) is 0 Å². The normalized spacial score (nSPS) is 15.6. The van der Waals surface area contributed by atoms with Gasteiger partial charge in [0.15, 0.2) is 0 Å². The van der Waals surface area contributed by atoms with Crippen LogP contribution in [0.1, 0.15) is 31.1 Å². The number of aromatic nitrogens is 1. The van der Waals surface area contributed by atoms with Crippen molar-refractivity contribution in [2.45, 2.75) is 26.3 Å². The number of benzene rings is 1. The molecule has 7 nitrogen and oxygen atoms in total. The molecule has 0 bridgehead atoms. The van der Waals surface area contributed by atoms with Gasteiger partial charge in [-0.1, -0.05) is 31.2 Å². The monoisotopic (exact) mass is 409 g/mol. The predicted molar refractivity (Wildman–Crippen MR) is 118 cm³/mol. The lowest BCUT2D eigenvalue weighted by Crippen LogP contribution is -2.52. The lowest BCUT2D eigenvalue weighted by Gasteiger charge is -2.34. The van der Waals surface area contributed by atoms with E-state index in [0.717, 1.165) is 23.4 Å². The molecule has 1 aliphatic rings. The molecule has 3 rings (SSSR count). The number of para-hydroxylation sites is 1. The maximum absolute atomic E-state index is 12.5. The Balaban J connectivity index is 1.40. The van der Waals surface area contributed by atoms with Gasteiger partial charge in [-0.15, -0.1) is 0 Å². The number of piperazine rings is 1. The summed E-state index contributed by atoms with van der Waals surface area (Å²) in [5.41, 5.74) is 2.94. The van der Waals surface area contributed by atoms with E-state index in [-0.39, 0.29) is 24.4 Å². The SMILES string of the molecule is CCc1ccccc1NC(=O)CN1CCN(C(=O)CNC(C)c2ccccn2)CC1. The number of hydrogen-bond acceptors (Lipinski definition) is 5.